The molecule has 1 fully saturated rings. The van der Waals surface area contributed by atoms with E-state index in [-0.39, 0.29) is 5.91 Å². The van der Waals surface area contributed by atoms with Crippen LogP contribution < -0.4 is 5.32 Å². The first-order chi connectivity index (χ1) is 9.47. The molecule has 1 saturated heterocycles. The van der Waals surface area contributed by atoms with Gasteiger partial charge in [-0.3, -0.25) is 9.69 Å². The molecule has 0 aliphatic carbocycles. The average molecular weight is 336 g/mol. The first kappa shape index (κ1) is 15.9. The third-order valence-electron chi connectivity index (χ3n) is 3.56. The number of benzene rings is 1. The van der Waals surface area contributed by atoms with Gasteiger partial charge in [-0.1, -0.05) is 41.2 Å². The van der Waals surface area contributed by atoms with E-state index < -0.39 is 0 Å². The highest BCUT2D eigenvalue weighted by atomic mass is 35.5. The molecule has 1 heterocycles. The van der Waals surface area contributed by atoms with E-state index in [9.17, 15) is 4.79 Å². The molecule has 1 aromatic carbocycles. The van der Waals surface area contributed by atoms with E-state index in [0.29, 0.717) is 33.3 Å². The minimum atomic E-state index is -0.107. The van der Waals surface area contributed by atoms with Gasteiger partial charge in [-0.05, 0) is 38.4 Å². The summed E-state index contributed by atoms with van der Waals surface area (Å²) in [6.07, 6.45) is 3.50. The first-order valence-corrected chi connectivity index (χ1v) is 7.79. The van der Waals surface area contributed by atoms with Gasteiger partial charge in [0.25, 0.3) is 0 Å². The molecule has 1 amide bonds. The van der Waals surface area contributed by atoms with Gasteiger partial charge < -0.3 is 5.32 Å². The summed E-state index contributed by atoms with van der Waals surface area (Å²) < 4.78 is 0. The molecule has 3 nitrogen and oxygen atoms in total. The topological polar surface area (TPSA) is 32.3 Å². The molecule has 0 bridgehead atoms. The van der Waals surface area contributed by atoms with Crippen LogP contribution in [0.4, 0.5) is 5.69 Å². The maximum Gasteiger partial charge on any atom is 0.238 e. The Morgan fingerprint density at radius 1 is 1.30 bits per heavy atom. The van der Waals surface area contributed by atoms with Gasteiger partial charge in [-0.2, -0.15) is 0 Å². The molecule has 1 aliphatic heterocycles. The largest absolute Gasteiger partial charge is 0.322 e. The van der Waals surface area contributed by atoms with Crippen molar-refractivity contribution in [3.63, 3.8) is 0 Å². The number of piperidine rings is 1. The molecular formula is C14H17Cl3N2O. The number of amides is 1. The fourth-order valence-electron chi connectivity index (χ4n) is 2.42. The number of nitrogens with one attached hydrogen (secondary N) is 1. The molecule has 0 spiro atoms. The Kier molecular flexibility index (Phi) is 5.56. The number of rotatable bonds is 3. The Hall–Kier alpha value is -0.480. The summed E-state index contributed by atoms with van der Waals surface area (Å²) >= 11 is 17.9. The highest BCUT2D eigenvalue weighted by molar-refractivity contribution is 6.42. The van der Waals surface area contributed by atoms with Gasteiger partial charge in [-0.25, -0.2) is 0 Å². The summed E-state index contributed by atoms with van der Waals surface area (Å²) in [4.78, 5) is 14.3. The van der Waals surface area contributed by atoms with Crippen LogP contribution in [-0.2, 0) is 4.79 Å². The second-order valence-corrected chi connectivity index (χ2v) is 6.36. The predicted molar refractivity (Wildman–Crippen MR) is 85.0 cm³/mol. The van der Waals surface area contributed by atoms with E-state index >= 15 is 0 Å². The number of carbonyl (C=O) groups is 1. The quantitative estimate of drug-likeness (QED) is 0.884. The van der Waals surface area contributed by atoms with E-state index in [4.69, 9.17) is 34.8 Å². The summed E-state index contributed by atoms with van der Waals surface area (Å²) in [5.74, 6) is -0.107. The van der Waals surface area contributed by atoms with Crippen LogP contribution in [-0.4, -0.2) is 29.9 Å². The van der Waals surface area contributed by atoms with E-state index in [2.05, 4.69) is 17.1 Å². The average Bonchev–Trinajstić information content (AvgIpc) is 2.36. The number of likely N-dealkylation sites (tertiary alicyclic amines) is 1. The molecule has 1 aliphatic rings. The lowest BCUT2D eigenvalue weighted by molar-refractivity contribution is -0.118. The van der Waals surface area contributed by atoms with E-state index in [0.717, 1.165) is 19.4 Å². The van der Waals surface area contributed by atoms with Crippen molar-refractivity contribution in [2.45, 2.75) is 32.2 Å². The fourth-order valence-corrected chi connectivity index (χ4v) is 3.33. The molecule has 6 heteroatoms. The van der Waals surface area contributed by atoms with Crippen LogP contribution in [0.1, 0.15) is 26.2 Å². The minimum Gasteiger partial charge on any atom is -0.322 e. The summed E-state index contributed by atoms with van der Waals surface area (Å²) in [7, 11) is 0. The summed E-state index contributed by atoms with van der Waals surface area (Å²) in [6, 6.07) is 3.56. The van der Waals surface area contributed by atoms with Crippen LogP contribution in [0.3, 0.4) is 0 Å². The van der Waals surface area contributed by atoms with E-state index in [1.807, 2.05) is 0 Å². The molecule has 2 rings (SSSR count). The highest BCUT2D eigenvalue weighted by Crippen LogP contribution is 2.33. The lowest BCUT2D eigenvalue weighted by atomic mass is 10.0. The molecular weight excluding hydrogens is 319 g/mol. The maximum absolute atomic E-state index is 12.1. The van der Waals surface area contributed by atoms with Crippen molar-refractivity contribution in [1.82, 2.24) is 4.90 Å². The smallest absolute Gasteiger partial charge is 0.238 e. The summed E-state index contributed by atoms with van der Waals surface area (Å²) in [5, 5.41) is 3.92. The van der Waals surface area contributed by atoms with Crippen molar-refractivity contribution in [3.8, 4) is 0 Å². The van der Waals surface area contributed by atoms with Crippen molar-refractivity contribution in [2.24, 2.45) is 0 Å². The van der Waals surface area contributed by atoms with Crippen molar-refractivity contribution < 1.29 is 4.79 Å². The normalized spacial score (nSPS) is 19.9. The molecule has 1 N–H and O–H groups in total. The Morgan fingerprint density at radius 2 is 1.95 bits per heavy atom. The summed E-state index contributed by atoms with van der Waals surface area (Å²) in [6.45, 7) is 3.46. The van der Waals surface area contributed by atoms with Gasteiger partial charge in [0.1, 0.15) is 0 Å². The molecule has 0 unspecified atom stereocenters. The van der Waals surface area contributed by atoms with Crippen LogP contribution in [0.2, 0.25) is 15.1 Å². The minimum absolute atomic E-state index is 0.107. The van der Waals surface area contributed by atoms with Crippen molar-refractivity contribution in [1.29, 1.82) is 0 Å². The van der Waals surface area contributed by atoms with Crippen molar-refractivity contribution >= 4 is 46.4 Å². The Balaban J connectivity index is 2.01. The number of halogens is 3. The number of carbonyl (C=O) groups excluding carboxylic acids is 1. The molecule has 20 heavy (non-hydrogen) atoms. The SMILES string of the molecule is C[C@H]1CCCCN1CC(=O)Nc1c(Cl)cc(Cl)cc1Cl. The molecule has 0 aromatic heterocycles. The lowest BCUT2D eigenvalue weighted by Crippen LogP contribution is -2.42. The third-order valence-corrected chi connectivity index (χ3v) is 4.37. The van der Waals surface area contributed by atoms with E-state index in [1.54, 1.807) is 12.1 Å². The van der Waals surface area contributed by atoms with Crippen LogP contribution in [0.25, 0.3) is 0 Å². The molecule has 1 aromatic rings. The lowest BCUT2D eigenvalue weighted by Gasteiger charge is -2.32. The van der Waals surface area contributed by atoms with E-state index in [1.165, 1.54) is 6.42 Å². The number of anilines is 1. The first-order valence-electron chi connectivity index (χ1n) is 6.66. The Labute approximate surface area is 134 Å². The second kappa shape index (κ2) is 6.99. The number of hydrogen-bond donors (Lipinski definition) is 1. The van der Waals surface area contributed by atoms with Crippen LogP contribution in [0, 0.1) is 0 Å². The standard InChI is InChI=1S/C14H17Cl3N2O/c1-9-4-2-3-5-19(9)8-13(20)18-14-11(16)6-10(15)7-12(14)17/h6-7,9H,2-5,8H2,1H3,(H,18,20)/t9-/m0/s1. The monoisotopic (exact) mass is 334 g/mol. The van der Waals surface area contributed by atoms with Gasteiger partial charge in [0.15, 0.2) is 0 Å². The fraction of sp³-hybridized carbons (Fsp3) is 0.500. The van der Waals surface area contributed by atoms with Crippen LogP contribution in [0.15, 0.2) is 12.1 Å². The van der Waals surface area contributed by atoms with Gasteiger partial charge >= 0.3 is 0 Å². The third kappa shape index (κ3) is 4.01. The second-order valence-electron chi connectivity index (χ2n) is 5.11. The van der Waals surface area contributed by atoms with Gasteiger partial charge in [0.2, 0.25) is 5.91 Å². The van der Waals surface area contributed by atoms with Crippen LogP contribution >= 0.6 is 34.8 Å². The zero-order chi connectivity index (χ0) is 14.7. The summed E-state index contributed by atoms with van der Waals surface area (Å²) in [5.41, 5.74) is 0.424. The van der Waals surface area contributed by atoms with Crippen molar-refractivity contribution in [3.05, 3.63) is 27.2 Å². The molecule has 0 saturated carbocycles. The van der Waals surface area contributed by atoms with Gasteiger partial charge in [-0.15, -0.1) is 0 Å². The number of hydrogen-bond acceptors (Lipinski definition) is 2. The Morgan fingerprint density at radius 3 is 2.55 bits per heavy atom. The van der Waals surface area contributed by atoms with Gasteiger partial charge in [0, 0.05) is 11.1 Å². The molecule has 0 radical (unpaired) electrons. The number of nitrogens with zero attached hydrogens (tertiary/aromatic N) is 1. The highest BCUT2D eigenvalue weighted by Gasteiger charge is 2.21. The van der Waals surface area contributed by atoms with Crippen LogP contribution in [0.5, 0.6) is 0 Å². The zero-order valence-electron chi connectivity index (χ0n) is 11.3. The Bertz CT molecular complexity index is 484. The zero-order valence-corrected chi connectivity index (χ0v) is 13.5. The van der Waals surface area contributed by atoms with Crippen molar-refractivity contribution in [2.75, 3.05) is 18.4 Å². The molecule has 1 atom stereocenters. The predicted octanol–water partition coefficient (Wildman–Crippen LogP) is 4.46. The molecule has 110 valence electrons. The maximum atomic E-state index is 12.1. The van der Waals surface area contributed by atoms with Gasteiger partial charge in [0.05, 0.1) is 22.3 Å².